The third-order valence-corrected chi connectivity index (χ3v) is 4.62. The maximum absolute atomic E-state index is 12.4. The van der Waals surface area contributed by atoms with Crippen LogP contribution in [-0.4, -0.2) is 20.0 Å². The fraction of sp³-hybridized carbons (Fsp3) is 0.136. The van der Waals surface area contributed by atoms with E-state index in [1.165, 1.54) is 20.3 Å². The maximum atomic E-state index is 12.4. The number of para-hydroxylation sites is 1. The second-order valence-electron chi connectivity index (χ2n) is 5.91. The van der Waals surface area contributed by atoms with Crippen LogP contribution in [0.25, 0.3) is 6.08 Å². The highest BCUT2D eigenvalue weighted by atomic mass is 35.5. The van der Waals surface area contributed by atoms with E-state index < -0.39 is 0 Å². The van der Waals surface area contributed by atoms with Crippen molar-refractivity contribution in [1.82, 2.24) is 0 Å². The van der Waals surface area contributed by atoms with Crippen LogP contribution in [-0.2, 0) is 6.61 Å². The van der Waals surface area contributed by atoms with Gasteiger partial charge < -0.3 is 18.6 Å². The number of ether oxygens (including phenoxy) is 3. The molecule has 0 aliphatic carbocycles. The smallest absolute Gasteiger partial charge is 0.186 e. The zero-order chi connectivity index (χ0) is 20.8. The Hall–Kier alpha value is -2.89. The van der Waals surface area contributed by atoms with E-state index in [9.17, 15) is 4.79 Å². The van der Waals surface area contributed by atoms with Gasteiger partial charge in [0.25, 0.3) is 0 Å². The Balaban J connectivity index is 1.65. The molecule has 3 rings (SSSR count). The van der Waals surface area contributed by atoms with Gasteiger partial charge in [0.2, 0.25) is 0 Å². The summed E-state index contributed by atoms with van der Waals surface area (Å²) in [6.45, 7) is 0.154. The van der Waals surface area contributed by atoms with Crippen molar-refractivity contribution in [3.05, 3.63) is 81.7 Å². The van der Waals surface area contributed by atoms with E-state index in [0.29, 0.717) is 44.4 Å². The molecule has 2 aromatic carbocycles. The number of carbonyl (C=O) groups excluding carboxylic acids is 1. The number of carbonyl (C=O) groups is 1. The predicted octanol–water partition coefficient (Wildman–Crippen LogP) is 6.08. The van der Waals surface area contributed by atoms with E-state index >= 15 is 0 Å². The quantitative estimate of drug-likeness (QED) is 0.318. The monoisotopic (exact) mass is 432 g/mol. The summed E-state index contributed by atoms with van der Waals surface area (Å²) in [4.78, 5) is 12.4. The fourth-order valence-corrected chi connectivity index (χ4v) is 3.08. The second-order valence-corrected chi connectivity index (χ2v) is 6.73. The number of allylic oxidation sites excluding steroid dienone is 1. The highest BCUT2D eigenvalue weighted by Crippen LogP contribution is 2.33. The summed E-state index contributed by atoms with van der Waals surface area (Å²) in [5.41, 5.74) is 0.474. The number of hydrogen-bond acceptors (Lipinski definition) is 5. The normalized spacial score (nSPS) is 10.9. The first-order valence-corrected chi connectivity index (χ1v) is 9.37. The highest BCUT2D eigenvalue weighted by molar-refractivity contribution is 6.37. The number of hydrogen-bond donors (Lipinski definition) is 0. The van der Waals surface area contributed by atoms with Crippen molar-refractivity contribution in [2.45, 2.75) is 6.61 Å². The van der Waals surface area contributed by atoms with Gasteiger partial charge in [-0.3, -0.25) is 4.79 Å². The van der Waals surface area contributed by atoms with Crippen LogP contribution in [0.15, 0.2) is 59.0 Å². The van der Waals surface area contributed by atoms with E-state index in [-0.39, 0.29) is 12.4 Å². The van der Waals surface area contributed by atoms with Crippen molar-refractivity contribution in [3.8, 4) is 17.2 Å². The van der Waals surface area contributed by atoms with Crippen LogP contribution in [0, 0.1) is 0 Å². The average molecular weight is 433 g/mol. The Kier molecular flexibility index (Phi) is 6.86. The number of methoxy groups -OCH3 is 2. The highest BCUT2D eigenvalue weighted by Gasteiger charge is 2.10. The Bertz CT molecular complexity index is 1020. The van der Waals surface area contributed by atoms with E-state index in [0.717, 1.165) is 0 Å². The van der Waals surface area contributed by atoms with Gasteiger partial charge in [-0.1, -0.05) is 29.3 Å². The van der Waals surface area contributed by atoms with Gasteiger partial charge in [-0.25, -0.2) is 0 Å². The summed E-state index contributed by atoms with van der Waals surface area (Å²) in [6.07, 6.45) is 3.01. The van der Waals surface area contributed by atoms with Crippen molar-refractivity contribution >= 4 is 35.1 Å². The molecule has 0 bridgehead atoms. The molecule has 1 heterocycles. The molecule has 1 aromatic heterocycles. The summed E-state index contributed by atoms with van der Waals surface area (Å²) >= 11 is 12.2. The molecule has 7 heteroatoms. The minimum absolute atomic E-state index is 0.154. The maximum Gasteiger partial charge on any atom is 0.186 e. The van der Waals surface area contributed by atoms with Crippen LogP contribution in [0.5, 0.6) is 17.2 Å². The molecule has 0 radical (unpaired) electrons. The van der Waals surface area contributed by atoms with Gasteiger partial charge in [-0.2, -0.15) is 0 Å². The largest absolute Gasteiger partial charge is 0.493 e. The van der Waals surface area contributed by atoms with Gasteiger partial charge in [0.05, 0.1) is 24.3 Å². The molecule has 0 atom stereocenters. The summed E-state index contributed by atoms with van der Waals surface area (Å²) < 4.78 is 21.7. The fourth-order valence-electron chi connectivity index (χ4n) is 2.57. The third-order valence-electron chi connectivity index (χ3n) is 4.03. The SMILES string of the molecule is COc1ccc(C(=O)/C=C/c2ccc(COc3c(Cl)cccc3Cl)o2)cc1OC. The summed E-state index contributed by atoms with van der Waals surface area (Å²) in [6, 6.07) is 13.6. The van der Waals surface area contributed by atoms with Crippen LogP contribution in [0.2, 0.25) is 10.0 Å². The molecule has 0 aliphatic rings. The Morgan fingerprint density at radius 1 is 1.00 bits per heavy atom. The van der Waals surface area contributed by atoms with Crippen LogP contribution in [0.3, 0.4) is 0 Å². The van der Waals surface area contributed by atoms with Gasteiger partial charge in [0.15, 0.2) is 23.0 Å². The third kappa shape index (κ3) is 5.13. The molecule has 0 unspecified atom stereocenters. The Morgan fingerprint density at radius 3 is 2.41 bits per heavy atom. The van der Waals surface area contributed by atoms with Gasteiger partial charge in [0, 0.05) is 5.56 Å². The molecule has 0 aliphatic heterocycles. The Labute approximate surface area is 178 Å². The number of halogens is 2. The average Bonchev–Trinajstić information content (AvgIpc) is 3.19. The topological polar surface area (TPSA) is 57.9 Å². The van der Waals surface area contributed by atoms with Crippen LogP contribution in [0.4, 0.5) is 0 Å². The molecule has 0 spiro atoms. The van der Waals surface area contributed by atoms with E-state index in [1.807, 2.05) is 0 Å². The molecule has 0 saturated carbocycles. The zero-order valence-corrected chi connectivity index (χ0v) is 17.3. The zero-order valence-electron chi connectivity index (χ0n) is 15.8. The number of ketones is 1. The molecule has 29 heavy (non-hydrogen) atoms. The molecular formula is C22H18Cl2O5. The minimum Gasteiger partial charge on any atom is -0.493 e. The van der Waals surface area contributed by atoms with Crippen LogP contribution < -0.4 is 14.2 Å². The number of furan rings is 1. The lowest BCUT2D eigenvalue weighted by molar-refractivity contribution is 0.104. The summed E-state index contributed by atoms with van der Waals surface area (Å²) in [5.74, 6) is 2.34. The van der Waals surface area contributed by atoms with E-state index in [1.54, 1.807) is 54.6 Å². The first-order valence-electron chi connectivity index (χ1n) is 8.61. The van der Waals surface area contributed by atoms with Crippen LogP contribution >= 0.6 is 23.2 Å². The molecule has 150 valence electrons. The standard InChI is InChI=1S/C22H18Cl2O5/c1-26-20-11-6-14(12-21(20)27-2)19(25)10-9-15-7-8-16(29-15)13-28-22-17(23)4-3-5-18(22)24/h3-12H,13H2,1-2H3/b10-9+. The van der Waals surface area contributed by atoms with Crippen LogP contribution in [0.1, 0.15) is 21.9 Å². The lowest BCUT2D eigenvalue weighted by Crippen LogP contribution is -1.97. The molecule has 3 aromatic rings. The minimum atomic E-state index is -0.192. The summed E-state index contributed by atoms with van der Waals surface area (Å²) in [5, 5.41) is 0.842. The molecule has 0 amide bonds. The second kappa shape index (κ2) is 9.54. The van der Waals surface area contributed by atoms with Crippen molar-refractivity contribution in [3.63, 3.8) is 0 Å². The first kappa shape index (κ1) is 20.8. The van der Waals surface area contributed by atoms with E-state index in [4.69, 9.17) is 41.8 Å². The van der Waals surface area contributed by atoms with Crippen molar-refractivity contribution in [2.75, 3.05) is 14.2 Å². The molecule has 5 nitrogen and oxygen atoms in total. The Morgan fingerprint density at radius 2 is 1.72 bits per heavy atom. The van der Waals surface area contributed by atoms with E-state index in [2.05, 4.69) is 0 Å². The van der Waals surface area contributed by atoms with Gasteiger partial charge >= 0.3 is 0 Å². The van der Waals surface area contributed by atoms with Crippen molar-refractivity contribution in [2.24, 2.45) is 0 Å². The summed E-state index contributed by atoms with van der Waals surface area (Å²) in [7, 11) is 3.06. The molecule has 0 fully saturated rings. The lowest BCUT2D eigenvalue weighted by atomic mass is 10.1. The molecular weight excluding hydrogens is 415 g/mol. The first-order chi connectivity index (χ1) is 14.0. The number of rotatable bonds is 8. The lowest BCUT2D eigenvalue weighted by Gasteiger charge is -2.08. The molecule has 0 N–H and O–H groups in total. The predicted molar refractivity (Wildman–Crippen MR) is 112 cm³/mol. The number of benzene rings is 2. The molecule has 0 saturated heterocycles. The van der Waals surface area contributed by atoms with Gasteiger partial charge in [0.1, 0.15) is 18.1 Å². The van der Waals surface area contributed by atoms with Crippen molar-refractivity contribution < 1.29 is 23.4 Å². The van der Waals surface area contributed by atoms with Gasteiger partial charge in [-0.05, 0) is 54.6 Å². The van der Waals surface area contributed by atoms with Gasteiger partial charge in [-0.15, -0.1) is 0 Å². The van der Waals surface area contributed by atoms with Crippen molar-refractivity contribution in [1.29, 1.82) is 0 Å².